The molecule has 0 amide bonds. The lowest BCUT2D eigenvalue weighted by molar-refractivity contribution is 0.0355. The van der Waals surface area contributed by atoms with Crippen molar-refractivity contribution in [1.82, 2.24) is 19.2 Å². The quantitative estimate of drug-likeness (QED) is 0.157. The van der Waals surface area contributed by atoms with Crippen LogP contribution in [-0.2, 0) is 35.6 Å². The smallest absolute Gasteiger partial charge is 0.352 e. The van der Waals surface area contributed by atoms with E-state index in [2.05, 4.69) is 39.9 Å². The van der Waals surface area contributed by atoms with Gasteiger partial charge < -0.3 is 23.9 Å². The third kappa shape index (κ3) is 5.93. The molecule has 0 bridgehead atoms. The molecule has 2 aliphatic heterocycles. The van der Waals surface area contributed by atoms with E-state index < -0.39 is 5.97 Å². The lowest BCUT2D eigenvalue weighted by atomic mass is 9.98. The highest BCUT2D eigenvalue weighted by molar-refractivity contribution is 6.04. The van der Waals surface area contributed by atoms with Crippen molar-refractivity contribution in [2.24, 2.45) is 0 Å². The van der Waals surface area contributed by atoms with E-state index in [9.17, 15) is 9.90 Å². The number of nitrogens with zero attached hydrogens (tertiary/aromatic N) is 4. The van der Waals surface area contributed by atoms with Crippen molar-refractivity contribution in [2.45, 2.75) is 39.5 Å². The number of morpholine rings is 1. The molecule has 9 nitrogen and oxygen atoms in total. The molecule has 7 rings (SSSR count). The molecule has 0 spiro atoms. The predicted molar refractivity (Wildman–Crippen MR) is 179 cm³/mol. The molecule has 0 atom stereocenters. The van der Waals surface area contributed by atoms with Gasteiger partial charge in [0.05, 0.1) is 56.5 Å². The lowest BCUT2D eigenvalue weighted by Crippen LogP contribution is -2.38. The molecule has 238 valence electrons. The highest BCUT2D eigenvalue weighted by Gasteiger charge is 2.27. The number of rotatable bonds is 9. The molecule has 2 aliphatic rings. The van der Waals surface area contributed by atoms with Crippen molar-refractivity contribution < 1.29 is 24.1 Å². The summed E-state index contributed by atoms with van der Waals surface area (Å²) in [6, 6.07) is 20.4. The van der Waals surface area contributed by atoms with Crippen LogP contribution in [0.4, 0.5) is 0 Å². The van der Waals surface area contributed by atoms with E-state index in [-0.39, 0.29) is 0 Å². The van der Waals surface area contributed by atoms with Crippen LogP contribution in [0.15, 0.2) is 72.8 Å². The zero-order valence-electron chi connectivity index (χ0n) is 26.3. The molecule has 1 fully saturated rings. The summed E-state index contributed by atoms with van der Waals surface area (Å²) in [5.41, 5.74) is 6.03. The number of aromatic nitrogens is 3. The largest absolute Gasteiger partial charge is 0.493 e. The summed E-state index contributed by atoms with van der Waals surface area (Å²) in [6.45, 7) is 8.80. The van der Waals surface area contributed by atoms with E-state index in [0.29, 0.717) is 44.9 Å². The minimum atomic E-state index is -0.926. The number of hydrogen-bond donors (Lipinski definition) is 1. The molecule has 0 radical (unpaired) electrons. The van der Waals surface area contributed by atoms with Crippen molar-refractivity contribution in [2.75, 3.05) is 46.1 Å². The Bertz CT molecular complexity index is 1890. The van der Waals surface area contributed by atoms with Gasteiger partial charge in [0.15, 0.2) is 0 Å². The van der Waals surface area contributed by atoms with Crippen molar-refractivity contribution in [3.8, 4) is 16.9 Å². The standard InChI is InChI=1S/C37H40N4O5/c1-26-34-31-13-7-12-29-30(14-8-22-46-33-15-6-10-27-9-2-3-11-28(27)33)36(37(42)43)40(35(29)31)16-4-5-21-45-25-32(34)41(38-26)18-17-39-19-23-44-24-20-39/h2-7,9-13,15H,8,14,16-25H2,1H3,(H,42,43)/b5-4-. The molecule has 2 aromatic heterocycles. The summed E-state index contributed by atoms with van der Waals surface area (Å²) >= 11 is 0. The molecule has 0 aliphatic carbocycles. The first-order valence-electron chi connectivity index (χ1n) is 16.2. The second-order valence-electron chi connectivity index (χ2n) is 11.9. The molecule has 46 heavy (non-hydrogen) atoms. The zero-order valence-corrected chi connectivity index (χ0v) is 26.3. The Morgan fingerprint density at radius 1 is 0.957 bits per heavy atom. The summed E-state index contributed by atoms with van der Waals surface area (Å²) in [7, 11) is 0. The fourth-order valence-electron chi connectivity index (χ4n) is 6.96. The maximum atomic E-state index is 12.9. The number of para-hydroxylation sites is 1. The van der Waals surface area contributed by atoms with Gasteiger partial charge in [0.25, 0.3) is 0 Å². The summed E-state index contributed by atoms with van der Waals surface area (Å²) < 4.78 is 21.9. The minimum absolute atomic E-state index is 0.330. The van der Waals surface area contributed by atoms with E-state index in [1.165, 1.54) is 0 Å². The van der Waals surface area contributed by atoms with E-state index in [1.54, 1.807) is 0 Å². The average Bonchev–Trinajstić information content (AvgIpc) is 3.56. The summed E-state index contributed by atoms with van der Waals surface area (Å²) in [5, 5.41) is 18.8. The first-order chi connectivity index (χ1) is 22.6. The molecule has 1 N–H and O–H groups in total. The molecule has 0 unspecified atom stereocenters. The van der Waals surface area contributed by atoms with Crippen molar-refractivity contribution in [1.29, 1.82) is 0 Å². The highest BCUT2D eigenvalue weighted by atomic mass is 16.5. The fraction of sp³-hybridized carbons (Fsp3) is 0.351. The van der Waals surface area contributed by atoms with Gasteiger partial charge in [-0.05, 0) is 36.8 Å². The van der Waals surface area contributed by atoms with Crippen LogP contribution in [0, 0.1) is 6.92 Å². The van der Waals surface area contributed by atoms with Crippen LogP contribution in [0.25, 0.3) is 32.8 Å². The second-order valence-corrected chi connectivity index (χ2v) is 11.9. The molecule has 0 saturated carbocycles. The third-order valence-corrected chi connectivity index (χ3v) is 9.11. The number of aromatic carboxylic acids is 1. The van der Waals surface area contributed by atoms with Crippen LogP contribution >= 0.6 is 0 Å². The van der Waals surface area contributed by atoms with Gasteiger partial charge in [-0.1, -0.05) is 66.7 Å². The van der Waals surface area contributed by atoms with E-state index in [1.807, 2.05) is 54.0 Å². The monoisotopic (exact) mass is 620 g/mol. The van der Waals surface area contributed by atoms with E-state index in [0.717, 1.165) is 94.9 Å². The van der Waals surface area contributed by atoms with Gasteiger partial charge >= 0.3 is 5.97 Å². The number of aryl methyl sites for hydroxylation is 2. The molecule has 3 aromatic carbocycles. The minimum Gasteiger partial charge on any atom is -0.493 e. The molecular weight excluding hydrogens is 580 g/mol. The second kappa shape index (κ2) is 13.5. The Labute approximate surface area is 268 Å². The molecular formula is C37H40N4O5. The first kappa shape index (κ1) is 30.2. The van der Waals surface area contributed by atoms with E-state index >= 15 is 0 Å². The van der Waals surface area contributed by atoms with Crippen molar-refractivity contribution in [3.63, 3.8) is 0 Å². The third-order valence-electron chi connectivity index (χ3n) is 9.11. The molecule has 5 aromatic rings. The maximum absolute atomic E-state index is 12.9. The predicted octanol–water partition coefficient (Wildman–Crippen LogP) is 6.09. The first-order valence-corrected chi connectivity index (χ1v) is 16.2. The topological polar surface area (TPSA) is 91.0 Å². The Balaban J connectivity index is 1.24. The maximum Gasteiger partial charge on any atom is 0.352 e. The van der Waals surface area contributed by atoms with Gasteiger partial charge in [0.1, 0.15) is 11.4 Å². The summed E-state index contributed by atoms with van der Waals surface area (Å²) in [4.78, 5) is 15.4. The van der Waals surface area contributed by atoms with Crippen LogP contribution in [0.1, 0.15) is 33.9 Å². The number of ether oxygens (including phenoxy) is 3. The van der Waals surface area contributed by atoms with Gasteiger partial charge in [0, 0.05) is 48.1 Å². The van der Waals surface area contributed by atoms with Gasteiger partial charge in [-0.2, -0.15) is 5.10 Å². The lowest BCUT2D eigenvalue weighted by Gasteiger charge is -2.26. The molecule has 9 heteroatoms. The number of carbonyl (C=O) groups is 1. The van der Waals surface area contributed by atoms with Crippen LogP contribution in [-0.4, -0.2) is 76.4 Å². The van der Waals surface area contributed by atoms with Gasteiger partial charge in [-0.15, -0.1) is 0 Å². The highest BCUT2D eigenvalue weighted by Crippen LogP contribution is 2.39. The fourth-order valence-corrected chi connectivity index (χ4v) is 6.96. The molecule has 1 saturated heterocycles. The number of hydrogen-bond acceptors (Lipinski definition) is 6. The SMILES string of the molecule is Cc1nn(CCN2CCOCC2)c2c1-c1cccc3c(CCCOc4cccc5ccccc45)c(C(=O)O)n(c13)C/C=C\COC2. The number of carboxylic acid groups (broad SMARTS) is 1. The number of fused-ring (bicyclic) bond motifs is 3. The molecule has 4 heterocycles. The number of carboxylic acids is 1. The summed E-state index contributed by atoms with van der Waals surface area (Å²) in [5.74, 6) is -0.0819. The number of benzene rings is 3. The Morgan fingerprint density at radius 3 is 2.63 bits per heavy atom. The number of allylic oxidation sites excluding steroid dienone is 1. The van der Waals surface area contributed by atoms with Gasteiger partial charge in [-0.3, -0.25) is 9.58 Å². The van der Waals surface area contributed by atoms with Gasteiger partial charge in [-0.25, -0.2) is 4.79 Å². The van der Waals surface area contributed by atoms with Crippen LogP contribution in [0.3, 0.4) is 0 Å². The Kier molecular flexibility index (Phi) is 8.87. The Hall–Kier alpha value is -4.44. The van der Waals surface area contributed by atoms with Crippen LogP contribution in [0.5, 0.6) is 5.75 Å². The van der Waals surface area contributed by atoms with Crippen molar-refractivity contribution >= 4 is 27.6 Å². The van der Waals surface area contributed by atoms with E-state index in [4.69, 9.17) is 19.3 Å². The van der Waals surface area contributed by atoms with Crippen molar-refractivity contribution in [3.05, 3.63) is 95.5 Å². The van der Waals surface area contributed by atoms with Crippen LogP contribution < -0.4 is 4.74 Å². The van der Waals surface area contributed by atoms with Crippen LogP contribution in [0.2, 0.25) is 0 Å². The summed E-state index contributed by atoms with van der Waals surface area (Å²) in [6.07, 6.45) is 5.24. The van der Waals surface area contributed by atoms with Gasteiger partial charge in [0.2, 0.25) is 0 Å². The zero-order chi connectivity index (χ0) is 31.5. The Morgan fingerprint density at radius 2 is 1.76 bits per heavy atom. The normalized spacial score (nSPS) is 16.3. The average molecular weight is 621 g/mol.